The number of carbonyl (C=O) groups excluding carboxylic acids is 1. The van der Waals surface area contributed by atoms with E-state index in [9.17, 15) is 4.79 Å². The van der Waals surface area contributed by atoms with Crippen molar-refractivity contribution >= 4 is 17.3 Å². The molecule has 1 aromatic heterocycles. The van der Waals surface area contributed by atoms with Crippen molar-refractivity contribution in [1.29, 1.82) is 0 Å². The molecule has 0 aliphatic heterocycles. The van der Waals surface area contributed by atoms with Gasteiger partial charge in [0.05, 0.1) is 6.61 Å². The summed E-state index contributed by atoms with van der Waals surface area (Å²) in [5.74, 6) is -0.271. The van der Waals surface area contributed by atoms with Crippen molar-refractivity contribution in [1.82, 2.24) is 0 Å². The second-order valence-electron chi connectivity index (χ2n) is 3.08. The zero-order chi connectivity index (χ0) is 10.6. The minimum atomic E-state index is -0.271. The van der Waals surface area contributed by atoms with Gasteiger partial charge in [0, 0.05) is 12.0 Å². The minimum Gasteiger partial charge on any atom is -0.456 e. The summed E-state index contributed by atoms with van der Waals surface area (Å²) in [5.41, 5.74) is 0. The van der Waals surface area contributed by atoms with E-state index >= 15 is 0 Å². The summed E-state index contributed by atoms with van der Waals surface area (Å²) in [7, 11) is 1.58. The highest BCUT2D eigenvalue weighted by atomic mass is 32.1. The van der Waals surface area contributed by atoms with Gasteiger partial charge in [0.1, 0.15) is 11.0 Å². The van der Waals surface area contributed by atoms with E-state index in [1.165, 1.54) is 11.3 Å². The largest absolute Gasteiger partial charge is 0.456 e. The molecule has 0 aliphatic rings. The molecule has 0 N–H and O–H groups in total. The second kappa shape index (κ2) is 5.12. The van der Waals surface area contributed by atoms with E-state index in [4.69, 9.17) is 9.47 Å². The standard InChI is InChI=1S/C10H14O3S/c1-7(6-12-3)13-10(11)9-5-4-8(2)14-9/h4-5,7H,6H2,1-3H3/t7-/m1/s1. The van der Waals surface area contributed by atoms with Crippen LogP contribution in [-0.2, 0) is 9.47 Å². The predicted molar refractivity (Wildman–Crippen MR) is 55.8 cm³/mol. The number of esters is 1. The Kier molecular flexibility index (Phi) is 4.10. The fraction of sp³-hybridized carbons (Fsp3) is 0.500. The molecule has 1 atom stereocenters. The van der Waals surface area contributed by atoms with E-state index in [1.807, 2.05) is 19.9 Å². The lowest BCUT2D eigenvalue weighted by Gasteiger charge is -2.10. The summed E-state index contributed by atoms with van der Waals surface area (Å²) in [6.07, 6.45) is -0.199. The van der Waals surface area contributed by atoms with Crippen LogP contribution in [-0.4, -0.2) is 25.8 Å². The maximum absolute atomic E-state index is 11.5. The third-order valence-corrected chi connectivity index (χ3v) is 2.63. The lowest BCUT2D eigenvalue weighted by atomic mass is 10.4. The van der Waals surface area contributed by atoms with E-state index in [0.29, 0.717) is 11.5 Å². The van der Waals surface area contributed by atoms with Gasteiger partial charge in [-0.1, -0.05) is 0 Å². The first-order valence-corrected chi connectivity index (χ1v) is 5.21. The summed E-state index contributed by atoms with van der Waals surface area (Å²) in [6.45, 7) is 4.19. The molecule has 0 aromatic carbocycles. The first kappa shape index (κ1) is 11.2. The second-order valence-corrected chi connectivity index (χ2v) is 4.37. The van der Waals surface area contributed by atoms with Crippen LogP contribution in [0.4, 0.5) is 0 Å². The Morgan fingerprint density at radius 1 is 1.57 bits per heavy atom. The molecule has 0 amide bonds. The van der Waals surface area contributed by atoms with Crippen LogP contribution < -0.4 is 0 Å². The Morgan fingerprint density at radius 2 is 2.29 bits per heavy atom. The zero-order valence-electron chi connectivity index (χ0n) is 8.57. The molecule has 0 aliphatic carbocycles. The lowest BCUT2D eigenvalue weighted by Crippen LogP contribution is -2.18. The molecule has 1 heterocycles. The molecule has 0 fully saturated rings. The molecule has 0 unspecified atom stereocenters. The van der Waals surface area contributed by atoms with Crippen LogP contribution in [0.1, 0.15) is 21.5 Å². The highest BCUT2D eigenvalue weighted by Gasteiger charge is 2.13. The van der Waals surface area contributed by atoms with Crippen molar-refractivity contribution in [3.05, 3.63) is 21.9 Å². The van der Waals surface area contributed by atoms with Crippen LogP contribution in [0.15, 0.2) is 12.1 Å². The van der Waals surface area contributed by atoms with Gasteiger partial charge in [0.2, 0.25) is 0 Å². The number of hydrogen-bond donors (Lipinski definition) is 0. The van der Waals surface area contributed by atoms with Gasteiger partial charge in [-0.3, -0.25) is 0 Å². The van der Waals surface area contributed by atoms with Crippen LogP contribution in [0.5, 0.6) is 0 Å². The van der Waals surface area contributed by atoms with Crippen molar-refractivity contribution in [3.8, 4) is 0 Å². The summed E-state index contributed by atoms with van der Waals surface area (Å²) in [4.78, 5) is 13.2. The van der Waals surface area contributed by atoms with Gasteiger partial charge in [-0.05, 0) is 26.0 Å². The maximum atomic E-state index is 11.5. The summed E-state index contributed by atoms with van der Waals surface area (Å²) in [6, 6.07) is 3.68. The zero-order valence-corrected chi connectivity index (χ0v) is 9.39. The van der Waals surface area contributed by atoms with Gasteiger partial charge in [0.15, 0.2) is 0 Å². The van der Waals surface area contributed by atoms with Crippen molar-refractivity contribution in [2.24, 2.45) is 0 Å². The van der Waals surface area contributed by atoms with Crippen molar-refractivity contribution in [3.63, 3.8) is 0 Å². The molecule has 14 heavy (non-hydrogen) atoms. The molecule has 78 valence electrons. The molecule has 1 aromatic rings. The highest BCUT2D eigenvalue weighted by Crippen LogP contribution is 2.16. The number of aryl methyl sites for hydroxylation is 1. The Hall–Kier alpha value is -0.870. The molecule has 4 heteroatoms. The van der Waals surface area contributed by atoms with E-state index in [2.05, 4.69) is 0 Å². The SMILES string of the molecule is COC[C@@H](C)OC(=O)c1ccc(C)s1. The van der Waals surface area contributed by atoms with Gasteiger partial charge in [-0.2, -0.15) is 0 Å². The Labute approximate surface area is 87.7 Å². The summed E-state index contributed by atoms with van der Waals surface area (Å²) in [5, 5.41) is 0. The van der Waals surface area contributed by atoms with Gasteiger partial charge >= 0.3 is 5.97 Å². The molecule has 0 radical (unpaired) electrons. The van der Waals surface area contributed by atoms with Crippen LogP contribution in [0.2, 0.25) is 0 Å². The van der Waals surface area contributed by atoms with Gasteiger partial charge in [-0.15, -0.1) is 11.3 Å². The van der Waals surface area contributed by atoms with E-state index in [-0.39, 0.29) is 12.1 Å². The third-order valence-electron chi connectivity index (χ3n) is 1.65. The molecule has 0 bridgehead atoms. The smallest absolute Gasteiger partial charge is 0.348 e. The number of ether oxygens (including phenoxy) is 2. The molecule has 1 rings (SSSR count). The van der Waals surface area contributed by atoms with Gasteiger partial charge in [0.25, 0.3) is 0 Å². The van der Waals surface area contributed by atoms with Gasteiger partial charge < -0.3 is 9.47 Å². The monoisotopic (exact) mass is 214 g/mol. The van der Waals surface area contributed by atoms with Crippen molar-refractivity contribution in [2.45, 2.75) is 20.0 Å². The van der Waals surface area contributed by atoms with E-state index in [1.54, 1.807) is 13.2 Å². The summed E-state index contributed by atoms with van der Waals surface area (Å²) < 4.78 is 10.0. The number of rotatable bonds is 4. The number of methoxy groups -OCH3 is 1. The third kappa shape index (κ3) is 3.12. The highest BCUT2D eigenvalue weighted by molar-refractivity contribution is 7.13. The number of hydrogen-bond acceptors (Lipinski definition) is 4. The number of carbonyl (C=O) groups is 1. The molecule has 0 saturated carbocycles. The van der Waals surface area contributed by atoms with Crippen LogP contribution in [0.3, 0.4) is 0 Å². The molecule has 0 saturated heterocycles. The molecular formula is C10H14O3S. The van der Waals surface area contributed by atoms with Crippen LogP contribution in [0.25, 0.3) is 0 Å². The Balaban J connectivity index is 2.50. The normalized spacial score (nSPS) is 12.5. The first-order chi connectivity index (χ1) is 6.63. The van der Waals surface area contributed by atoms with E-state index in [0.717, 1.165) is 4.88 Å². The van der Waals surface area contributed by atoms with Gasteiger partial charge in [-0.25, -0.2) is 4.79 Å². The Bertz CT molecular complexity index is 306. The fourth-order valence-corrected chi connectivity index (χ4v) is 1.80. The fourth-order valence-electron chi connectivity index (χ4n) is 1.05. The number of thiophene rings is 1. The van der Waals surface area contributed by atoms with Crippen LogP contribution >= 0.6 is 11.3 Å². The molecular weight excluding hydrogens is 200 g/mol. The average Bonchev–Trinajstić information content (AvgIpc) is 2.52. The minimum absolute atomic E-state index is 0.199. The Morgan fingerprint density at radius 3 is 2.79 bits per heavy atom. The van der Waals surface area contributed by atoms with Crippen molar-refractivity contribution < 1.29 is 14.3 Å². The predicted octanol–water partition coefficient (Wildman–Crippen LogP) is 2.25. The summed E-state index contributed by atoms with van der Waals surface area (Å²) >= 11 is 1.44. The molecule has 0 spiro atoms. The lowest BCUT2D eigenvalue weighted by molar-refractivity contribution is 0.0125. The average molecular weight is 214 g/mol. The quantitative estimate of drug-likeness (QED) is 0.721. The first-order valence-electron chi connectivity index (χ1n) is 4.40. The van der Waals surface area contributed by atoms with Crippen molar-refractivity contribution in [2.75, 3.05) is 13.7 Å². The van der Waals surface area contributed by atoms with E-state index < -0.39 is 0 Å². The topological polar surface area (TPSA) is 35.5 Å². The van der Waals surface area contributed by atoms with Crippen LogP contribution in [0, 0.1) is 6.92 Å². The molecule has 3 nitrogen and oxygen atoms in total. The maximum Gasteiger partial charge on any atom is 0.348 e.